The molecule has 1 saturated heterocycles. The third kappa shape index (κ3) is 8.81. The molecule has 1 atom stereocenters. The van der Waals surface area contributed by atoms with Gasteiger partial charge in [0.05, 0.1) is 0 Å². The van der Waals surface area contributed by atoms with Crippen LogP contribution in [0.4, 0.5) is 0 Å². The maximum atomic E-state index is 5.80. The predicted octanol–water partition coefficient (Wildman–Crippen LogP) is 2.46. The van der Waals surface area contributed by atoms with Crippen molar-refractivity contribution in [1.29, 1.82) is 0 Å². The molecule has 1 aliphatic heterocycles. The Labute approximate surface area is 146 Å². The van der Waals surface area contributed by atoms with Gasteiger partial charge in [-0.2, -0.15) is 0 Å². The minimum absolute atomic E-state index is 0. The molecule has 4 nitrogen and oxygen atoms in total. The summed E-state index contributed by atoms with van der Waals surface area (Å²) in [5, 5.41) is 0. The number of piperidine rings is 1. The average Bonchev–Trinajstić information content (AvgIpc) is 2.41. The molecule has 6 heteroatoms. The largest absolute Gasteiger partial charge is 0.492 e. The van der Waals surface area contributed by atoms with Crippen LogP contribution >= 0.6 is 24.8 Å². The molecule has 1 aromatic rings. The van der Waals surface area contributed by atoms with Crippen LogP contribution in [0.15, 0.2) is 24.3 Å². The highest BCUT2D eigenvalue weighted by atomic mass is 35.5. The van der Waals surface area contributed by atoms with Crippen molar-refractivity contribution in [1.82, 2.24) is 4.90 Å². The van der Waals surface area contributed by atoms with Gasteiger partial charge in [0.15, 0.2) is 0 Å². The van der Waals surface area contributed by atoms with Gasteiger partial charge in [-0.15, -0.1) is 24.8 Å². The third-order valence-electron chi connectivity index (χ3n) is 3.61. The van der Waals surface area contributed by atoms with Crippen LogP contribution in [0.3, 0.4) is 0 Å². The normalized spacial score (nSPS) is 15.7. The van der Waals surface area contributed by atoms with Crippen molar-refractivity contribution in [2.24, 2.45) is 5.73 Å². The molecule has 4 N–H and O–H groups in total. The topological polar surface area (TPSA) is 70.0 Å². The SMILES string of the molecule is CC(N)Cc1ccc(OCCN2CCCCC2)cc1.Cl.Cl.O. The molecule has 1 heterocycles. The van der Waals surface area contributed by atoms with Crippen molar-refractivity contribution < 1.29 is 10.2 Å². The number of hydrogen-bond donors (Lipinski definition) is 1. The van der Waals surface area contributed by atoms with Crippen molar-refractivity contribution in [2.75, 3.05) is 26.2 Å². The van der Waals surface area contributed by atoms with E-state index in [2.05, 4.69) is 17.0 Å². The van der Waals surface area contributed by atoms with E-state index in [0.717, 1.165) is 25.3 Å². The molecule has 1 fully saturated rings. The molecule has 1 aromatic carbocycles. The summed E-state index contributed by atoms with van der Waals surface area (Å²) in [5.74, 6) is 0.963. The molecule has 0 aromatic heterocycles. The Bertz CT molecular complexity index is 369. The molecular weight excluding hydrogens is 323 g/mol. The second-order valence-electron chi connectivity index (χ2n) is 5.58. The van der Waals surface area contributed by atoms with E-state index in [9.17, 15) is 0 Å². The number of halogens is 2. The Hall–Kier alpha value is -0.520. The lowest BCUT2D eigenvalue weighted by Crippen LogP contribution is -2.33. The lowest BCUT2D eigenvalue weighted by Gasteiger charge is -2.26. The van der Waals surface area contributed by atoms with Crippen LogP contribution < -0.4 is 10.5 Å². The molecule has 0 amide bonds. The third-order valence-corrected chi connectivity index (χ3v) is 3.61. The van der Waals surface area contributed by atoms with Crippen LogP contribution in [0.1, 0.15) is 31.7 Å². The summed E-state index contributed by atoms with van der Waals surface area (Å²) in [4.78, 5) is 2.49. The van der Waals surface area contributed by atoms with E-state index in [1.807, 2.05) is 19.1 Å². The molecular formula is C16H30Cl2N2O2. The minimum atomic E-state index is 0. The Balaban J connectivity index is 0. The first-order valence-electron chi connectivity index (χ1n) is 7.44. The monoisotopic (exact) mass is 352 g/mol. The lowest BCUT2D eigenvalue weighted by molar-refractivity contribution is 0.183. The van der Waals surface area contributed by atoms with Crippen molar-refractivity contribution in [2.45, 2.75) is 38.6 Å². The minimum Gasteiger partial charge on any atom is -0.492 e. The molecule has 2 rings (SSSR count). The molecule has 0 bridgehead atoms. The first-order valence-corrected chi connectivity index (χ1v) is 7.44. The van der Waals surface area contributed by atoms with Gasteiger partial charge >= 0.3 is 0 Å². The number of ether oxygens (including phenoxy) is 1. The summed E-state index contributed by atoms with van der Waals surface area (Å²) in [5.41, 5.74) is 7.06. The molecule has 1 aliphatic rings. The van der Waals surface area contributed by atoms with Gasteiger partial charge in [0.2, 0.25) is 0 Å². The zero-order valence-electron chi connectivity index (χ0n) is 13.3. The van der Waals surface area contributed by atoms with E-state index in [4.69, 9.17) is 10.5 Å². The van der Waals surface area contributed by atoms with Crippen molar-refractivity contribution in [3.05, 3.63) is 29.8 Å². The highest BCUT2D eigenvalue weighted by Gasteiger charge is 2.09. The number of likely N-dealkylation sites (tertiary alicyclic amines) is 1. The fraction of sp³-hybridized carbons (Fsp3) is 0.625. The fourth-order valence-corrected chi connectivity index (χ4v) is 2.57. The second-order valence-corrected chi connectivity index (χ2v) is 5.58. The zero-order chi connectivity index (χ0) is 13.5. The van der Waals surface area contributed by atoms with E-state index in [1.165, 1.54) is 37.9 Å². The van der Waals surface area contributed by atoms with Gasteiger partial charge < -0.3 is 15.9 Å². The van der Waals surface area contributed by atoms with E-state index >= 15 is 0 Å². The van der Waals surface area contributed by atoms with Crippen LogP contribution in [0.2, 0.25) is 0 Å². The molecule has 0 spiro atoms. The number of hydrogen-bond acceptors (Lipinski definition) is 3. The van der Waals surface area contributed by atoms with Crippen molar-refractivity contribution >= 4 is 24.8 Å². The molecule has 0 radical (unpaired) electrons. The first-order chi connectivity index (χ1) is 9.24. The highest BCUT2D eigenvalue weighted by Crippen LogP contribution is 2.14. The van der Waals surface area contributed by atoms with E-state index in [0.29, 0.717) is 0 Å². The number of rotatable bonds is 6. The van der Waals surface area contributed by atoms with Crippen molar-refractivity contribution in [3.8, 4) is 5.75 Å². The zero-order valence-corrected chi connectivity index (χ0v) is 14.9. The quantitative estimate of drug-likeness (QED) is 0.854. The Kier molecular flexibility index (Phi) is 14.0. The maximum Gasteiger partial charge on any atom is 0.119 e. The van der Waals surface area contributed by atoms with E-state index in [-0.39, 0.29) is 36.3 Å². The second kappa shape index (κ2) is 13.0. The maximum absolute atomic E-state index is 5.80. The van der Waals surface area contributed by atoms with Crippen LogP contribution in [-0.4, -0.2) is 42.7 Å². The summed E-state index contributed by atoms with van der Waals surface area (Å²) in [6.07, 6.45) is 4.99. The molecule has 22 heavy (non-hydrogen) atoms. The Morgan fingerprint density at radius 3 is 2.23 bits per heavy atom. The molecule has 0 saturated carbocycles. The number of nitrogens with zero attached hydrogens (tertiary/aromatic N) is 1. The van der Waals surface area contributed by atoms with Crippen LogP contribution in [-0.2, 0) is 6.42 Å². The average molecular weight is 353 g/mol. The van der Waals surface area contributed by atoms with Gasteiger partial charge in [0.25, 0.3) is 0 Å². The van der Waals surface area contributed by atoms with Crippen molar-refractivity contribution in [3.63, 3.8) is 0 Å². The Morgan fingerprint density at radius 1 is 1.09 bits per heavy atom. The summed E-state index contributed by atoms with van der Waals surface area (Å²) in [6.45, 7) is 6.32. The fourth-order valence-electron chi connectivity index (χ4n) is 2.57. The number of nitrogens with two attached hydrogens (primary N) is 1. The summed E-state index contributed by atoms with van der Waals surface area (Å²) < 4.78 is 5.80. The first kappa shape index (κ1) is 23.7. The van der Waals surface area contributed by atoms with Gasteiger partial charge in [-0.3, -0.25) is 4.90 Å². The van der Waals surface area contributed by atoms with Gasteiger partial charge in [-0.25, -0.2) is 0 Å². The summed E-state index contributed by atoms with van der Waals surface area (Å²) in [6, 6.07) is 8.53. The van der Waals surface area contributed by atoms with Crippen LogP contribution in [0, 0.1) is 0 Å². The molecule has 1 unspecified atom stereocenters. The van der Waals surface area contributed by atoms with Crippen LogP contribution in [0.25, 0.3) is 0 Å². The summed E-state index contributed by atoms with van der Waals surface area (Å²) in [7, 11) is 0. The smallest absolute Gasteiger partial charge is 0.119 e. The van der Waals surface area contributed by atoms with Crippen LogP contribution in [0.5, 0.6) is 5.75 Å². The highest BCUT2D eigenvalue weighted by molar-refractivity contribution is 5.85. The molecule has 0 aliphatic carbocycles. The van der Waals surface area contributed by atoms with Gasteiger partial charge in [-0.05, 0) is 57.0 Å². The van der Waals surface area contributed by atoms with Gasteiger partial charge in [0, 0.05) is 12.6 Å². The summed E-state index contributed by atoms with van der Waals surface area (Å²) >= 11 is 0. The standard InChI is InChI=1S/C16H26N2O.2ClH.H2O/c1-14(17)13-15-5-7-16(8-6-15)19-12-11-18-9-3-2-4-10-18;;;/h5-8,14H,2-4,9-13,17H2,1H3;2*1H;1H2. The van der Waals surface area contributed by atoms with E-state index < -0.39 is 0 Å². The lowest BCUT2D eigenvalue weighted by atomic mass is 10.1. The molecule has 130 valence electrons. The predicted molar refractivity (Wildman–Crippen MR) is 97.7 cm³/mol. The van der Waals surface area contributed by atoms with E-state index in [1.54, 1.807) is 0 Å². The van der Waals surface area contributed by atoms with Gasteiger partial charge in [0.1, 0.15) is 12.4 Å². The number of benzene rings is 1. The van der Waals surface area contributed by atoms with Gasteiger partial charge in [-0.1, -0.05) is 18.6 Å². The Morgan fingerprint density at radius 2 is 1.68 bits per heavy atom.